The van der Waals surface area contributed by atoms with E-state index in [1.54, 1.807) is 0 Å². The van der Waals surface area contributed by atoms with Crippen LogP contribution in [0.4, 0.5) is 0 Å². The van der Waals surface area contributed by atoms with Gasteiger partial charge in [0.1, 0.15) is 11.2 Å². The Balaban J connectivity index is 1.16. The minimum absolute atomic E-state index is 0.487. The molecule has 0 aliphatic rings. The first kappa shape index (κ1) is 35.3. The number of hydrogen-bond acceptors (Lipinski definition) is 7. The topological polar surface area (TPSA) is 95.4 Å². The first-order valence-corrected chi connectivity index (χ1v) is 20.5. The van der Waals surface area contributed by atoms with Crippen LogP contribution in [0.3, 0.4) is 0 Å². The maximum absolute atomic E-state index is 6.55. The van der Waals surface area contributed by atoms with Gasteiger partial charge in [-0.05, 0) is 42.5 Å². The minimum atomic E-state index is 0.487. The number of nitrogens with zero attached hydrogens (tertiary/aromatic N) is 7. The predicted molar refractivity (Wildman–Crippen MR) is 247 cm³/mol. The van der Waals surface area contributed by atoms with Gasteiger partial charge in [0.2, 0.25) is 0 Å². The smallest absolute Gasteiger partial charge is 0.167 e. The Morgan fingerprint density at radius 2 is 0.742 bits per heavy atom. The molecule has 0 bridgehead atoms. The molecule has 0 radical (unpaired) electrons. The fourth-order valence-electron chi connectivity index (χ4n) is 8.43. The Morgan fingerprint density at radius 1 is 0.306 bits per heavy atom. The molecule has 62 heavy (non-hydrogen) atoms. The Bertz CT molecular complexity index is 3530. The third-order valence-corrected chi connectivity index (χ3v) is 11.3. The molecule has 0 fully saturated rings. The Labute approximate surface area is 355 Å². The lowest BCUT2D eigenvalue weighted by atomic mass is 10.0. The van der Waals surface area contributed by atoms with Crippen molar-refractivity contribution in [2.75, 3.05) is 0 Å². The van der Waals surface area contributed by atoms with Crippen LogP contribution < -0.4 is 0 Å². The van der Waals surface area contributed by atoms with Gasteiger partial charge >= 0.3 is 0 Å². The summed E-state index contributed by atoms with van der Waals surface area (Å²) in [6.45, 7) is 0. The van der Waals surface area contributed by atoms with Crippen molar-refractivity contribution in [2.24, 2.45) is 0 Å². The van der Waals surface area contributed by atoms with Gasteiger partial charge in [0.25, 0.3) is 0 Å². The van der Waals surface area contributed by atoms with E-state index >= 15 is 0 Å². The average molecular weight is 796 g/mol. The molecule has 0 amide bonds. The van der Waals surface area contributed by atoms with E-state index in [0.29, 0.717) is 40.5 Å². The van der Waals surface area contributed by atoms with Crippen LogP contribution in [-0.4, -0.2) is 34.5 Å². The first-order valence-electron chi connectivity index (χ1n) is 20.5. The minimum Gasteiger partial charge on any atom is -0.455 e. The second-order valence-corrected chi connectivity index (χ2v) is 15.1. The van der Waals surface area contributed by atoms with E-state index in [2.05, 4.69) is 83.4 Å². The van der Waals surface area contributed by atoms with E-state index in [1.165, 1.54) is 0 Å². The average Bonchev–Trinajstić information content (AvgIpc) is 3.90. The van der Waals surface area contributed by atoms with Crippen LogP contribution in [0.1, 0.15) is 0 Å². The molecular formula is C54H33N7O. The van der Waals surface area contributed by atoms with E-state index in [9.17, 15) is 0 Å². The van der Waals surface area contributed by atoms with Crippen molar-refractivity contribution in [2.45, 2.75) is 0 Å². The van der Waals surface area contributed by atoms with Crippen molar-refractivity contribution in [3.63, 3.8) is 0 Å². The molecule has 0 N–H and O–H groups in total. The number of aromatic nitrogens is 7. The number of hydrogen-bond donors (Lipinski definition) is 0. The molecule has 12 rings (SSSR count). The lowest BCUT2D eigenvalue weighted by Gasteiger charge is -2.16. The molecule has 0 aliphatic carbocycles. The van der Waals surface area contributed by atoms with Crippen LogP contribution in [0.25, 0.3) is 118 Å². The van der Waals surface area contributed by atoms with E-state index in [-0.39, 0.29) is 0 Å². The normalized spacial score (nSPS) is 11.5. The van der Waals surface area contributed by atoms with Crippen molar-refractivity contribution < 1.29 is 4.42 Å². The lowest BCUT2D eigenvalue weighted by Crippen LogP contribution is -2.05. The van der Waals surface area contributed by atoms with Crippen LogP contribution in [0.5, 0.6) is 0 Å². The summed E-state index contributed by atoms with van der Waals surface area (Å²) < 4.78 is 8.85. The van der Waals surface area contributed by atoms with Crippen molar-refractivity contribution in [3.8, 4) is 74.0 Å². The van der Waals surface area contributed by atoms with Crippen LogP contribution >= 0.6 is 0 Å². The molecule has 8 nitrogen and oxygen atoms in total. The molecule has 8 aromatic carbocycles. The van der Waals surface area contributed by atoms with Gasteiger partial charge in [0, 0.05) is 49.4 Å². The standard InChI is InChI=1S/C54H33N7O/c1-4-17-34(18-5-1)49-55-50(35-19-6-2-7-20-35)57-52(56-49)37-31-32-46(61-44-28-13-10-23-38(44)39-24-11-14-29-45(39)61)43(33-37)54-59-51(36-21-8-3-9-22-36)58-53(60-54)42-27-16-26-41-40-25-12-15-30-47(40)62-48(41)42/h1-33H. The largest absolute Gasteiger partial charge is 0.455 e. The summed E-state index contributed by atoms with van der Waals surface area (Å²) >= 11 is 0. The van der Waals surface area contributed by atoms with Gasteiger partial charge < -0.3 is 8.98 Å². The summed E-state index contributed by atoms with van der Waals surface area (Å²) in [5.74, 6) is 3.20. The number of para-hydroxylation sites is 4. The molecule has 4 heterocycles. The maximum atomic E-state index is 6.55. The molecule has 12 aromatic rings. The highest BCUT2D eigenvalue weighted by atomic mass is 16.3. The Kier molecular flexibility index (Phi) is 8.31. The van der Waals surface area contributed by atoms with Crippen LogP contribution in [0.15, 0.2) is 205 Å². The summed E-state index contributed by atoms with van der Waals surface area (Å²) in [5.41, 5.74) is 9.51. The van der Waals surface area contributed by atoms with Crippen molar-refractivity contribution in [3.05, 3.63) is 200 Å². The summed E-state index contributed by atoms with van der Waals surface area (Å²) in [4.78, 5) is 31.0. The predicted octanol–water partition coefficient (Wildman–Crippen LogP) is 13.1. The van der Waals surface area contributed by atoms with Crippen LogP contribution in [-0.2, 0) is 0 Å². The van der Waals surface area contributed by atoms with Gasteiger partial charge in [0.05, 0.1) is 22.3 Å². The number of benzene rings is 8. The quantitative estimate of drug-likeness (QED) is 0.158. The van der Waals surface area contributed by atoms with Gasteiger partial charge in [-0.15, -0.1) is 0 Å². The van der Waals surface area contributed by atoms with Crippen LogP contribution in [0.2, 0.25) is 0 Å². The van der Waals surface area contributed by atoms with Crippen molar-refractivity contribution in [1.29, 1.82) is 0 Å². The fourth-order valence-corrected chi connectivity index (χ4v) is 8.43. The van der Waals surface area contributed by atoms with Gasteiger partial charge in [-0.1, -0.05) is 158 Å². The molecule has 0 spiro atoms. The van der Waals surface area contributed by atoms with E-state index in [4.69, 9.17) is 34.3 Å². The van der Waals surface area contributed by atoms with E-state index < -0.39 is 0 Å². The molecule has 0 unspecified atom stereocenters. The molecule has 0 saturated heterocycles. The second kappa shape index (κ2) is 14.6. The highest BCUT2D eigenvalue weighted by Crippen LogP contribution is 2.40. The monoisotopic (exact) mass is 795 g/mol. The highest BCUT2D eigenvalue weighted by molar-refractivity contribution is 6.10. The Morgan fingerprint density at radius 3 is 1.32 bits per heavy atom. The summed E-state index contributed by atoms with van der Waals surface area (Å²) in [7, 11) is 0. The molecule has 290 valence electrons. The molecule has 0 atom stereocenters. The van der Waals surface area contributed by atoms with Gasteiger partial charge in [-0.3, -0.25) is 0 Å². The number of fused-ring (bicyclic) bond motifs is 6. The van der Waals surface area contributed by atoms with E-state index in [0.717, 1.165) is 77.2 Å². The van der Waals surface area contributed by atoms with Gasteiger partial charge in [0.15, 0.2) is 34.9 Å². The molecule has 4 aromatic heterocycles. The highest BCUT2D eigenvalue weighted by Gasteiger charge is 2.23. The summed E-state index contributed by atoms with van der Waals surface area (Å²) in [6.07, 6.45) is 0. The van der Waals surface area contributed by atoms with Gasteiger partial charge in [-0.2, -0.15) is 0 Å². The zero-order valence-electron chi connectivity index (χ0n) is 33.1. The SMILES string of the molecule is c1ccc(-c2nc(-c3ccccc3)nc(-c3ccc(-n4c5ccccc5c5ccccc54)c(-c4nc(-c5ccccc5)nc(-c5cccc6c5oc5ccccc56)n4)c3)n2)cc1. The third kappa shape index (κ3) is 6.00. The van der Waals surface area contributed by atoms with Crippen molar-refractivity contribution in [1.82, 2.24) is 34.5 Å². The fraction of sp³-hybridized carbons (Fsp3) is 0. The zero-order chi connectivity index (χ0) is 41.0. The van der Waals surface area contributed by atoms with Crippen LogP contribution in [0, 0.1) is 0 Å². The number of furan rings is 1. The molecule has 8 heteroatoms. The maximum Gasteiger partial charge on any atom is 0.167 e. The summed E-state index contributed by atoms with van der Waals surface area (Å²) in [5, 5.41) is 4.32. The van der Waals surface area contributed by atoms with E-state index in [1.807, 2.05) is 121 Å². The number of rotatable bonds is 7. The molecule has 0 saturated carbocycles. The third-order valence-electron chi connectivity index (χ3n) is 11.3. The summed E-state index contributed by atoms with van der Waals surface area (Å²) in [6, 6.07) is 67.6. The molecular weight excluding hydrogens is 763 g/mol. The van der Waals surface area contributed by atoms with Crippen molar-refractivity contribution >= 4 is 43.7 Å². The molecule has 0 aliphatic heterocycles. The first-order chi connectivity index (χ1) is 30.7. The Hall–Kier alpha value is -8.62. The van der Waals surface area contributed by atoms with Gasteiger partial charge in [-0.25, -0.2) is 29.9 Å². The second-order valence-electron chi connectivity index (χ2n) is 15.1. The lowest BCUT2D eigenvalue weighted by molar-refractivity contribution is 0.669. The zero-order valence-corrected chi connectivity index (χ0v) is 33.1.